The van der Waals surface area contributed by atoms with Crippen molar-refractivity contribution in [1.29, 1.82) is 0 Å². The highest BCUT2D eigenvalue weighted by atomic mass is 16.2. The number of benzene rings is 1. The number of nitrogens with one attached hydrogen (secondary N) is 2. The first-order valence-corrected chi connectivity index (χ1v) is 7.65. The average Bonchev–Trinajstić information content (AvgIpc) is 3.36. The maximum atomic E-state index is 11.9. The van der Waals surface area contributed by atoms with E-state index in [2.05, 4.69) is 15.6 Å². The van der Waals surface area contributed by atoms with Crippen LogP contribution >= 0.6 is 0 Å². The predicted octanol–water partition coefficient (Wildman–Crippen LogP) is 2.48. The zero-order chi connectivity index (χ0) is 15.4. The van der Waals surface area contributed by atoms with E-state index in [-0.39, 0.29) is 17.7 Å². The van der Waals surface area contributed by atoms with E-state index < -0.39 is 0 Å². The third kappa shape index (κ3) is 3.81. The number of aromatic nitrogens is 1. The Morgan fingerprint density at radius 2 is 2.09 bits per heavy atom. The summed E-state index contributed by atoms with van der Waals surface area (Å²) >= 11 is 0. The minimum Gasteiger partial charge on any atom is -0.356 e. The van der Waals surface area contributed by atoms with Gasteiger partial charge in [-0.05, 0) is 43.5 Å². The second-order valence-electron chi connectivity index (χ2n) is 5.63. The minimum atomic E-state index is -0.0380. The van der Waals surface area contributed by atoms with Crippen LogP contribution in [0.15, 0.2) is 36.5 Å². The van der Waals surface area contributed by atoms with E-state index in [1.807, 2.05) is 30.3 Å². The highest BCUT2D eigenvalue weighted by molar-refractivity contribution is 5.93. The van der Waals surface area contributed by atoms with Crippen molar-refractivity contribution >= 4 is 28.4 Å². The molecule has 0 spiro atoms. The van der Waals surface area contributed by atoms with Crippen molar-refractivity contribution in [3.63, 3.8) is 0 Å². The van der Waals surface area contributed by atoms with Gasteiger partial charge in [-0.15, -0.1) is 0 Å². The molecule has 2 aromatic rings. The zero-order valence-electron chi connectivity index (χ0n) is 12.3. The van der Waals surface area contributed by atoms with Crippen LogP contribution in [-0.4, -0.2) is 23.3 Å². The van der Waals surface area contributed by atoms with Crippen LogP contribution in [0.3, 0.4) is 0 Å². The molecule has 2 amide bonds. The number of amides is 2. The number of carbonyl (C=O) groups is 2. The molecule has 0 aliphatic heterocycles. The topological polar surface area (TPSA) is 71.1 Å². The summed E-state index contributed by atoms with van der Waals surface area (Å²) in [6.45, 7) is 0.560. The number of carbonyl (C=O) groups excluding carboxylic acids is 2. The van der Waals surface area contributed by atoms with Gasteiger partial charge in [-0.2, -0.15) is 0 Å². The smallest absolute Gasteiger partial charge is 0.224 e. The molecular formula is C17H19N3O2. The summed E-state index contributed by atoms with van der Waals surface area (Å²) in [6, 6.07) is 9.49. The number of fused-ring (bicyclic) bond motifs is 1. The van der Waals surface area contributed by atoms with E-state index in [9.17, 15) is 9.59 Å². The highest BCUT2D eigenvalue weighted by Gasteiger charge is 2.28. The molecule has 1 aliphatic rings. The summed E-state index contributed by atoms with van der Waals surface area (Å²) in [6.07, 6.45) is 4.80. The Labute approximate surface area is 129 Å². The minimum absolute atomic E-state index is 0.0380. The van der Waals surface area contributed by atoms with Crippen LogP contribution in [0.25, 0.3) is 10.9 Å². The Kier molecular flexibility index (Phi) is 4.32. The fourth-order valence-corrected chi connectivity index (χ4v) is 2.33. The Morgan fingerprint density at radius 3 is 2.91 bits per heavy atom. The van der Waals surface area contributed by atoms with Gasteiger partial charge in [0.05, 0.1) is 5.52 Å². The molecule has 2 N–H and O–H groups in total. The standard InChI is InChI=1S/C17H19N3O2/c21-16(4-2-10-19-17(22)12-5-6-12)20-14-7-8-15-13(11-14)3-1-9-18-15/h1,3,7-9,11-12H,2,4-6,10H2,(H,19,22)(H,20,21). The van der Waals surface area contributed by atoms with E-state index in [1.165, 1.54) is 0 Å². The number of pyridine rings is 1. The molecule has 1 heterocycles. The van der Waals surface area contributed by atoms with Gasteiger partial charge in [0.2, 0.25) is 11.8 Å². The molecular weight excluding hydrogens is 278 g/mol. The summed E-state index contributed by atoms with van der Waals surface area (Å²) in [5.74, 6) is 0.311. The second-order valence-corrected chi connectivity index (χ2v) is 5.63. The zero-order valence-corrected chi connectivity index (χ0v) is 12.3. The van der Waals surface area contributed by atoms with Crippen molar-refractivity contribution in [2.24, 2.45) is 5.92 Å². The Balaban J connectivity index is 1.44. The molecule has 114 valence electrons. The van der Waals surface area contributed by atoms with Gasteiger partial charge in [-0.25, -0.2) is 0 Å². The molecule has 0 atom stereocenters. The lowest BCUT2D eigenvalue weighted by Crippen LogP contribution is -2.26. The molecule has 3 rings (SSSR count). The van der Waals surface area contributed by atoms with Crippen molar-refractivity contribution < 1.29 is 9.59 Å². The normalized spacial score (nSPS) is 13.8. The largest absolute Gasteiger partial charge is 0.356 e. The summed E-state index contributed by atoms with van der Waals surface area (Å²) in [5.41, 5.74) is 1.68. The van der Waals surface area contributed by atoms with E-state index in [0.29, 0.717) is 19.4 Å². The molecule has 0 bridgehead atoms. The third-order valence-electron chi connectivity index (χ3n) is 3.71. The monoisotopic (exact) mass is 297 g/mol. The molecule has 5 nitrogen and oxygen atoms in total. The van der Waals surface area contributed by atoms with E-state index in [0.717, 1.165) is 29.4 Å². The molecule has 1 aromatic carbocycles. The molecule has 1 aliphatic carbocycles. The molecule has 5 heteroatoms. The molecule has 1 saturated carbocycles. The van der Waals surface area contributed by atoms with Crippen molar-refractivity contribution in [2.45, 2.75) is 25.7 Å². The molecule has 0 unspecified atom stereocenters. The predicted molar refractivity (Wildman–Crippen MR) is 85.3 cm³/mol. The second kappa shape index (κ2) is 6.56. The number of anilines is 1. The highest BCUT2D eigenvalue weighted by Crippen LogP contribution is 2.28. The number of rotatable bonds is 6. The van der Waals surface area contributed by atoms with Crippen LogP contribution in [0.4, 0.5) is 5.69 Å². The van der Waals surface area contributed by atoms with E-state index >= 15 is 0 Å². The number of nitrogens with zero attached hydrogens (tertiary/aromatic N) is 1. The fraction of sp³-hybridized carbons (Fsp3) is 0.353. The van der Waals surface area contributed by atoms with Crippen LogP contribution in [0.2, 0.25) is 0 Å². The van der Waals surface area contributed by atoms with Gasteiger partial charge < -0.3 is 10.6 Å². The Bertz CT molecular complexity index is 695. The van der Waals surface area contributed by atoms with Gasteiger partial charge in [-0.3, -0.25) is 14.6 Å². The van der Waals surface area contributed by atoms with Crippen LogP contribution in [0.1, 0.15) is 25.7 Å². The first kappa shape index (κ1) is 14.5. The Hall–Kier alpha value is -2.43. The van der Waals surface area contributed by atoms with Gasteiger partial charge in [0.15, 0.2) is 0 Å². The molecule has 1 fully saturated rings. The van der Waals surface area contributed by atoms with Gasteiger partial charge in [0.25, 0.3) is 0 Å². The summed E-state index contributed by atoms with van der Waals surface area (Å²) in [4.78, 5) is 27.6. The average molecular weight is 297 g/mol. The molecule has 22 heavy (non-hydrogen) atoms. The molecule has 1 aromatic heterocycles. The van der Waals surface area contributed by atoms with Crippen molar-refractivity contribution in [3.05, 3.63) is 36.5 Å². The Morgan fingerprint density at radius 1 is 1.23 bits per heavy atom. The SMILES string of the molecule is O=C(CCCNC(=O)C1CC1)Nc1ccc2ncccc2c1. The lowest BCUT2D eigenvalue weighted by molar-refractivity contribution is -0.122. The third-order valence-corrected chi connectivity index (χ3v) is 3.71. The lowest BCUT2D eigenvalue weighted by atomic mass is 10.2. The van der Waals surface area contributed by atoms with Crippen LogP contribution in [0.5, 0.6) is 0 Å². The van der Waals surface area contributed by atoms with Crippen molar-refractivity contribution in [1.82, 2.24) is 10.3 Å². The first-order chi connectivity index (χ1) is 10.7. The quantitative estimate of drug-likeness (QED) is 0.805. The van der Waals surface area contributed by atoms with Crippen LogP contribution in [-0.2, 0) is 9.59 Å². The summed E-state index contributed by atoms with van der Waals surface area (Å²) < 4.78 is 0. The number of hydrogen-bond acceptors (Lipinski definition) is 3. The molecule has 0 radical (unpaired) electrons. The summed E-state index contributed by atoms with van der Waals surface area (Å²) in [5, 5.41) is 6.74. The van der Waals surface area contributed by atoms with E-state index in [1.54, 1.807) is 6.20 Å². The summed E-state index contributed by atoms with van der Waals surface area (Å²) in [7, 11) is 0. The van der Waals surface area contributed by atoms with Gasteiger partial charge in [0.1, 0.15) is 0 Å². The molecule has 0 saturated heterocycles. The van der Waals surface area contributed by atoms with Crippen LogP contribution < -0.4 is 10.6 Å². The maximum Gasteiger partial charge on any atom is 0.224 e. The first-order valence-electron chi connectivity index (χ1n) is 7.65. The lowest BCUT2D eigenvalue weighted by Gasteiger charge is -2.07. The van der Waals surface area contributed by atoms with E-state index in [4.69, 9.17) is 0 Å². The van der Waals surface area contributed by atoms with Gasteiger partial charge in [-0.1, -0.05) is 6.07 Å². The maximum absolute atomic E-state index is 11.9. The fourth-order valence-electron chi connectivity index (χ4n) is 2.33. The van der Waals surface area contributed by atoms with Gasteiger partial charge >= 0.3 is 0 Å². The van der Waals surface area contributed by atoms with Crippen LogP contribution in [0, 0.1) is 5.92 Å². The van der Waals surface area contributed by atoms with Crippen molar-refractivity contribution in [3.8, 4) is 0 Å². The van der Waals surface area contributed by atoms with Crippen molar-refractivity contribution in [2.75, 3.05) is 11.9 Å². The van der Waals surface area contributed by atoms with Gasteiger partial charge in [0, 0.05) is 36.2 Å². The number of hydrogen-bond donors (Lipinski definition) is 2.